The summed E-state index contributed by atoms with van der Waals surface area (Å²) < 4.78 is 36.2. The summed E-state index contributed by atoms with van der Waals surface area (Å²) in [5.41, 5.74) is 1.66. The Balaban J connectivity index is 1.50. The normalized spacial score (nSPS) is 11.6. The van der Waals surface area contributed by atoms with Crippen molar-refractivity contribution in [2.24, 2.45) is 0 Å². The number of carboxylic acid groups (broad SMARTS) is 1. The van der Waals surface area contributed by atoms with E-state index in [4.69, 9.17) is 42.1 Å². The van der Waals surface area contributed by atoms with Crippen LogP contribution in [0.1, 0.15) is 30.9 Å². The lowest BCUT2D eigenvalue weighted by molar-refractivity contribution is -0.149. The fourth-order valence-corrected chi connectivity index (χ4v) is 4.57. The summed E-state index contributed by atoms with van der Waals surface area (Å²) in [6.07, 6.45) is -0.0998. The van der Waals surface area contributed by atoms with E-state index in [2.05, 4.69) is 0 Å². The Kier molecular flexibility index (Phi) is 13.8. The molecule has 0 heterocycles. The van der Waals surface area contributed by atoms with Gasteiger partial charge < -0.3 is 29.0 Å². The summed E-state index contributed by atoms with van der Waals surface area (Å²) in [6, 6.07) is 17.9. The van der Waals surface area contributed by atoms with Crippen molar-refractivity contribution in [2.45, 2.75) is 38.9 Å². The van der Waals surface area contributed by atoms with E-state index in [1.54, 1.807) is 55.5 Å². The van der Waals surface area contributed by atoms with Gasteiger partial charge in [-0.2, -0.15) is 0 Å². The molecule has 0 radical (unpaired) electrons. The van der Waals surface area contributed by atoms with Crippen molar-refractivity contribution in [1.29, 1.82) is 0 Å². The van der Waals surface area contributed by atoms with E-state index >= 15 is 0 Å². The van der Waals surface area contributed by atoms with Crippen LogP contribution in [0.15, 0.2) is 66.7 Å². The minimum Gasteiger partial charge on any atom is -0.492 e. The minimum atomic E-state index is -1.02. The third-order valence-corrected chi connectivity index (χ3v) is 6.50. The molecule has 0 aliphatic heterocycles. The van der Waals surface area contributed by atoms with Gasteiger partial charge in [-0.3, -0.25) is 0 Å². The Labute approximate surface area is 254 Å². The highest BCUT2D eigenvalue weighted by atomic mass is 35.5. The van der Waals surface area contributed by atoms with Gasteiger partial charge in [0.05, 0.1) is 13.2 Å². The van der Waals surface area contributed by atoms with Gasteiger partial charge in [0.15, 0.2) is 17.7 Å². The predicted molar refractivity (Wildman–Crippen MR) is 158 cm³/mol. The number of rotatable bonds is 17. The van der Waals surface area contributed by atoms with Gasteiger partial charge in [0.1, 0.15) is 12.4 Å². The molecule has 0 aliphatic rings. The monoisotopic (exact) mass is 621 g/mol. The van der Waals surface area contributed by atoms with Gasteiger partial charge in [-0.15, -0.1) is 0 Å². The maximum absolute atomic E-state index is 14.1. The minimum absolute atomic E-state index is 0.153. The molecule has 0 aromatic heterocycles. The van der Waals surface area contributed by atoms with Crippen LogP contribution in [0.2, 0.25) is 10.0 Å². The van der Waals surface area contributed by atoms with Crippen LogP contribution in [0, 0.1) is 5.82 Å². The summed E-state index contributed by atoms with van der Waals surface area (Å²) in [4.78, 5) is 25.7. The van der Waals surface area contributed by atoms with Crippen molar-refractivity contribution in [3.8, 4) is 11.5 Å². The molecule has 1 N–H and O–H groups in total. The van der Waals surface area contributed by atoms with Crippen molar-refractivity contribution in [1.82, 2.24) is 4.90 Å². The summed E-state index contributed by atoms with van der Waals surface area (Å²) in [5, 5.41) is 10.4. The number of hydrogen-bond donors (Lipinski definition) is 1. The third-order valence-electron chi connectivity index (χ3n) is 6.07. The molecule has 1 atom stereocenters. The second-order valence-corrected chi connectivity index (χ2v) is 10.2. The largest absolute Gasteiger partial charge is 0.492 e. The number of unbranched alkanes of at least 4 members (excludes halogenated alkanes) is 1. The number of nitrogens with zero attached hydrogens (tertiary/aromatic N) is 1. The molecule has 0 saturated heterocycles. The van der Waals surface area contributed by atoms with Crippen LogP contribution in [0.25, 0.3) is 0 Å². The second kappa shape index (κ2) is 17.6. The predicted octanol–water partition coefficient (Wildman–Crippen LogP) is 7.04. The molecule has 0 spiro atoms. The van der Waals surface area contributed by atoms with Gasteiger partial charge in [-0.1, -0.05) is 47.5 Å². The zero-order valence-electron chi connectivity index (χ0n) is 23.3. The summed E-state index contributed by atoms with van der Waals surface area (Å²) in [5.74, 6) is -1.25. The Morgan fingerprint density at radius 2 is 1.64 bits per heavy atom. The molecule has 0 fully saturated rings. The zero-order chi connectivity index (χ0) is 30.3. The summed E-state index contributed by atoms with van der Waals surface area (Å²) >= 11 is 12.0. The molecule has 1 unspecified atom stereocenters. The van der Waals surface area contributed by atoms with E-state index in [0.29, 0.717) is 55.0 Å². The second-order valence-electron chi connectivity index (χ2n) is 9.30. The highest BCUT2D eigenvalue weighted by molar-refractivity contribution is 6.34. The first kappa shape index (κ1) is 33.1. The molecule has 42 heavy (non-hydrogen) atoms. The number of carbonyl (C=O) groups is 2. The van der Waals surface area contributed by atoms with E-state index in [0.717, 1.165) is 11.1 Å². The highest BCUT2D eigenvalue weighted by Gasteiger charge is 2.19. The van der Waals surface area contributed by atoms with Gasteiger partial charge in [0.2, 0.25) is 0 Å². The van der Waals surface area contributed by atoms with Gasteiger partial charge in [-0.25, -0.2) is 14.0 Å². The SMILES string of the molecule is CCOC(Cc1ccc(OCCN(CCCCOCc2cc(Cl)cc(Cl)c2)C(=O)Oc2ccccc2F)cc1)C(=O)O. The topological polar surface area (TPSA) is 94.5 Å². The zero-order valence-corrected chi connectivity index (χ0v) is 24.8. The number of hydrogen-bond acceptors (Lipinski definition) is 6. The molecule has 0 aliphatic carbocycles. The van der Waals surface area contributed by atoms with Crippen LogP contribution in [-0.2, 0) is 27.3 Å². The number of para-hydroxylation sites is 1. The number of benzene rings is 3. The molecule has 3 rings (SSSR count). The molecule has 0 bridgehead atoms. The van der Waals surface area contributed by atoms with E-state index in [1.807, 2.05) is 0 Å². The molecule has 226 valence electrons. The number of amides is 1. The Bertz CT molecular complexity index is 1270. The molecule has 3 aromatic rings. The Morgan fingerprint density at radius 3 is 2.31 bits per heavy atom. The number of carboxylic acids is 1. The number of halogens is 3. The molecule has 3 aromatic carbocycles. The van der Waals surface area contributed by atoms with E-state index in [1.165, 1.54) is 23.1 Å². The number of ether oxygens (including phenoxy) is 4. The molecular weight excluding hydrogens is 588 g/mol. The third kappa shape index (κ3) is 11.5. The fourth-order valence-electron chi connectivity index (χ4n) is 4.00. The van der Waals surface area contributed by atoms with Crippen molar-refractivity contribution >= 4 is 35.3 Å². The smallest absolute Gasteiger partial charge is 0.415 e. The van der Waals surface area contributed by atoms with Crippen molar-refractivity contribution in [2.75, 3.05) is 32.9 Å². The lowest BCUT2D eigenvalue weighted by Gasteiger charge is -2.22. The van der Waals surface area contributed by atoms with Crippen LogP contribution in [0.4, 0.5) is 9.18 Å². The van der Waals surface area contributed by atoms with Crippen LogP contribution >= 0.6 is 23.2 Å². The lowest BCUT2D eigenvalue weighted by atomic mass is 10.1. The first-order chi connectivity index (χ1) is 20.2. The van der Waals surface area contributed by atoms with Crippen molar-refractivity contribution in [3.05, 3.63) is 93.7 Å². The maximum atomic E-state index is 14.1. The van der Waals surface area contributed by atoms with Crippen LogP contribution in [0.3, 0.4) is 0 Å². The fraction of sp³-hybridized carbons (Fsp3) is 0.355. The van der Waals surface area contributed by atoms with E-state index < -0.39 is 24.0 Å². The molecule has 0 saturated carbocycles. The highest BCUT2D eigenvalue weighted by Crippen LogP contribution is 2.20. The first-order valence-corrected chi connectivity index (χ1v) is 14.3. The number of aliphatic carboxylic acids is 1. The lowest BCUT2D eigenvalue weighted by Crippen LogP contribution is -2.37. The van der Waals surface area contributed by atoms with Gasteiger partial charge in [-0.05, 0) is 73.4 Å². The molecule has 11 heteroatoms. The van der Waals surface area contributed by atoms with Crippen LogP contribution < -0.4 is 9.47 Å². The van der Waals surface area contributed by atoms with Gasteiger partial charge in [0, 0.05) is 36.2 Å². The van der Waals surface area contributed by atoms with Gasteiger partial charge in [0.25, 0.3) is 0 Å². The number of carbonyl (C=O) groups excluding carboxylic acids is 1. The van der Waals surface area contributed by atoms with E-state index in [-0.39, 0.29) is 25.3 Å². The first-order valence-electron chi connectivity index (χ1n) is 13.5. The standard InChI is InChI=1S/C31H34Cl2FNO7/c1-2-40-29(30(36)37)19-22-9-11-26(12-10-22)41-16-14-35(31(38)42-28-8-4-3-7-27(28)34)13-5-6-15-39-21-23-17-24(32)20-25(33)18-23/h3-4,7-12,17-18,20,29H,2,5-6,13-16,19,21H2,1H3,(H,36,37). The van der Waals surface area contributed by atoms with Gasteiger partial charge >= 0.3 is 12.1 Å². The quantitative estimate of drug-likeness (QED) is 0.161. The molecule has 8 nitrogen and oxygen atoms in total. The van der Waals surface area contributed by atoms with Crippen molar-refractivity contribution < 1.29 is 38.0 Å². The Hall–Kier alpha value is -3.37. The Morgan fingerprint density at radius 1 is 0.929 bits per heavy atom. The van der Waals surface area contributed by atoms with E-state index in [9.17, 15) is 19.1 Å². The summed E-state index contributed by atoms with van der Waals surface area (Å²) in [6.45, 7) is 3.56. The average Bonchev–Trinajstić information content (AvgIpc) is 2.95. The molecular formula is C31H34Cl2FNO7. The van der Waals surface area contributed by atoms with Crippen LogP contribution in [-0.4, -0.2) is 61.1 Å². The summed E-state index contributed by atoms with van der Waals surface area (Å²) in [7, 11) is 0. The van der Waals surface area contributed by atoms with Crippen molar-refractivity contribution in [3.63, 3.8) is 0 Å². The maximum Gasteiger partial charge on any atom is 0.415 e. The molecule has 1 amide bonds. The van der Waals surface area contributed by atoms with Crippen LogP contribution in [0.5, 0.6) is 11.5 Å². The average molecular weight is 623 g/mol.